The first-order chi connectivity index (χ1) is 11.0. The average molecular weight is 359 g/mol. The second-order valence-electron chi connectivity index (χ2n) is 7.07. The monoisotopic (exact) mass is 358 g/mol. The Hall–Kier alpha value is -1.34. The van der Waals surface area contributed by atoms with E-state index in [1.54, 1.807) is 16.8 Å². The Kier molecular flexibility index (Phi) is 5.75. The average Bonchev–Trinajstić information content (AvgIpc) is 2.72. The van der Waals surface area contributed by atoms with Gasteiger partial charge in [-0.3, -0.25) is 14.5 Å². The van der Waals surface area contributed by atoms with Gasteiger partial charge in [0.15, 0.2) is 0 Å². The van der Waals surface area contributed by atoms with E-state index in [-0.39, 0.29) is 42.8 Å². The highest BCUT2D eigenvalue weighted by Crippen LogP contribution is 2.39. The number of amides is 4. The van der Waals surface area contributed by atoms with E-state index in [0.29, 0.717) is 25.9 Å². The molecule has 136 valence electrons. The summed E-state index contributed by atoms with van der Waals surface area (Å²) >= 11 is 0. The van der Waals surface area contributed by atoms with Gasteiger partial charge >= 0.3 is 6.03 Å². The molecule has 1 unspecified atom stereocenters. The van der Waals surface area contributed by atoms with Crippen molar-refractivity contribution in [2.24, 2.45) is 5.73 Å². The van der Waals surface area contributed by atoms with Crippen molar-refractivity contribution >= 4 is 30.3 Å². The molecule has 1 saturated carbocycles. The summed E-state index contributed by atoms with van der Waals surface area (Å²) in [5, 5.41) is 0. The largest absolute Gasteiger partial charge is 0.340 e. The highest BCUT2D eigenvalue weighted by molar-refractivity contribution is 6.08. The van der Waals surface area contributed by atoms with Gasteiger partial charge in [0, 0.05) is 26.2 Å². The van der Waals surface area contributed by atoms with Crippen molar-refractivity contribution in [2.45, 2.75) is 56.5 Å². The molecule has 0 bridgehead atoms. The predicted octanol–water partition coefficient (Wildman–Crippen LogP) is 0.955. The van der Waals surface area contributed by atoms with E-state index in [9.17, 15) is 14.4 Å². The topological polar surface area (TPSA) is 87.0 Å². The molecule has 0 aromatic heterocycles. The Morgan fingerprint density at radius 2 is 1.88 bits per heavy atom. The lowest BCUT2D eigenvalue weighted by atomic mass is 9.81. The van der Waals surface area contributed by atoms with Crippen LogP contribution in [0.25, 0.3) is 0 Å². The maximum Gasteiger partial charge on any atom is 0.327 e. The quantitative estimate of drug-likeness (QED) is 0.745. The molecule has 3 fully saturated rings. The standard InChI is InChI=1S/C16H26N4O3.ClH/c1-18-15(23)20(14(22)16(18)7-3-2-4-8-16)11-13(21)19-9-5-6-12(17)10-19;/h12H,2-11,17H2,1H3;1H. The number of hydrogen-bond acceptors (Lipinski definition) is 4. The minimum Gasteiger partial charge on any atom is -0.340 e. The Bertz CT molecular complexity index is 521. The van der Waals surface area contributed by atoms with Crippen LogP contribution in [-0.2, 0) is 9.59 Å². The van der Waals surface area contributed by atoms with E-state index in [1.807, 2.05) is 0 Å². The second-order valence-corrected chi connectivity index (χ2v) is 7.07. The lowest BCUT2D eigenvalue weighted by Gasteiger charge is -2.36. The summed E-state index contributed by atoms with van der Waals surface area (Å²) in [7, 11) is 1.69. The Morgan fingerprint density at radius 1 is 1.21 bits per heavy atom. The van der Waals surface area contributed by atoms with Crippen LogP contribution in [-0.4, -0.2) is 70.8 Å². The normalized spacial score (nSPS) is 26.8. The summed E-state index contributed by atoms with van der Waals surface area (Å²) in [5.41, 5.74) is 5.20. The number of carbonyl (C=O) groups is 3. The van der Waals surface area contributed by atoms with Crippen molar-refractivity contribution in [3.8, 4) is 0 Å². The number of likely N-dealkylation sites (tertiary alicyclic amines) is 1. The van der Waals surface area contributed by atoms with Crippen LogP contribution in [0.5, 0.6) is 0 Å². The number of imide groups is 1. The number of nitrogens with zero attached hydrogens (tertiary/aromatic N) is 3. The zero-order chi connectivity index (χ0) is 16.6. The molecule has 1 atom stereocenters. The van der Waals surface area contributed by atoms with Crippen LogP contribution < -0.4 is 5.73 Å². The van der Waals surface area contributed by atoms with Crippen LogP contribution in [0.3, 0.4) is 0 Å². The van der Waals surface area contributed by atoms with Crippen LogP contribution >= 0.6 is 12.4 Å². The van der Waals surface area contributed by atoms with Crippen LogP contribution in [0.1, 0.15) is 44.9 Å². The lowest BCUT2D eigenvalue weighted by molar-refractivity contribution is -0.141. The Balaban J connectivity index is 0.00000208. The second kappa shape index (κ2) is 7.27. The third-order valence-electron chi connectivity index (χ3n) is 5.59. The maximum absolute atomic E-state index is 12.9. The third kappa shape index (κ3) is 3.11. The summed E-state index contributed by atoms with van der Waals surface area (Å²) < 4.78 is 0. The van der Waals surface area contributed by atoms with Crippen LogP contribution in [0, 0.1) is 0 Å². The van der Waals surface area contributed by atoms with Crippen LogP contribution in [0.4, 0.5) is 4.79 Å². The number of nitrogens with two attached hydrogens (primary N) is 1. The molecule has 3 rings (SSSR count). The minimum atomic E-state index is -0.714. The first-order valence-electron chi connectivity index (χ1n) is 8.59. The molecule has 0 radical (unpaired) electrons. The lowest BCUT2D eigenvalue weighted by Crippen LogP contribution is -2.51. The zero-order valence-electron chi connectivity index (χ0n) is 14.2. The molecule has 2 heterocycles. The molecule has 2 saturated heterocycles. The number of likely N-dealkylation sites (N-methyl/N-ethyl adjacent to an activating group) is 1. The van der Waals surface area contributed by atoms with Crippen LogP contribution in [0.2, 0.25) is 0 Å². The molecule has 0 aromatic carbocycles. The molecule has 8 heteroatoms. The summed E-state index contributed by atoms with van der Waals surface area (Å²) in [6, 6.07) is -0.350. The number of hydrogen-bond donors (Lipinski definition) is 1. The summed E-state index contributed by atoms with van der Waals surface area (Å²) in [6.45, 7) is 1.01. The van der Waals surface area contributed by atoms with E-state index in [0.717, 1.165) is 37.0 Å². The van der Waals surface area contributed by atoms with Gasteiger partial charge in [0.1, 0.15) is 12.1 Å². The molecular formula is C16H27ClN4O3. The van der Waals surface area contributed by atoms with E-state index in [2.05, 4.69) is 0 Å². The molecule has 1 spiro atoms. The van der Waals surface area contributed by atoms with Gasteiger partial charge in [-0.1, -0.05) is 19.3 Å². The van der Waals surface area contributed by atoms with Gasteiger partial charge in [0.05, 0.1) is 0 Å². The maximum atomic E-state index is 12.9. The van der Waals surface area contributed by atoms with Gasteiger partial charge in [-0.25, -0.2) is 4.79 Å². The van der Waals surface area contributed by atoms with Gasteiger partial charge in [-0.2, -0.15) is 0 Å². The van der Waals surface area contributed by atoms with Crippen molar-refractivity contribution in [1.82, 2.24) is 14.7 Å². The molecule has 4 amide bonds. The van der Waals surface area contributed by atoms with Gasteiger partial charge in [-0.15, -0.1) is 12.4 Å². The highest BCUT2D eigenvalue weighted by Gasteiger charge is 2.56. The van der Waals surface area contributed by atoms with E-state index in [4.69, 9.17) is 5.73 Å². The molecule has 2 N–H and O–H groups in total. The van der Waals surface area contributed by atoms with Gasteiger partial charge < -0.3 is 15.5 Å². The number of piperidine rings is 1. The first kappa shape index (κ1) is 19.0. The Labute approximate surface area is 148 Å². The third-order valence-corrected chi connectivity index (χ3v) is 5.59. The van der Waals surface area contributed by atoms with Gasteiger partial charge in [0.2, 0.25) is 5.91 Å². The SMILES string of the molecule is CN1C(=O)N(CC(=O)N2CCCC(N)C2)C(=O)C12CCCCC2.Cl. The number of carbonyl (C=O) groups excluding carboxylic acids is 3. The fourth-order valence-electron chi connectivity index (χ4n) is 4.14. The smallest absolute Gasteiger partial charge is 0.327 e. The highest BCUT2D eigenvalue weighted by atomic mass is 35.5. The minimum absolute atomic E-state index is 0. The number of urea groups is 1. The van der Waals surface area contributed by atoms with Gasteiger partial charge in [0.25, 0.3) is 5.91 Å². The van der Waals surface area contributed by atoms with Crippen molar-refractivity contribution in [2.75, 3.05) is 26.7 Å². The van der Waals surface area contributed by atoms with Crippen LogP contribution in [0.15, 0.2) is 0 Å². The summed E-state index contributed by atoms with van der Waals surface area (Å²) in [6.07, 6.45) is 6.19. The van der Waals surface area contributed by atoms with E-state index in [1.165, 1.54) is 0 Å². The van der Waals surface area contributed by atoms with Gasteiger partial charge in [-0.05, 0) is 25.7 Å². The number of rotatable bonds is 2. The molecule has 3 aliphatic rings. The molecule has 7 nitrogen and oxygen atoms in total. The first-order valence-corrected chi connectivity index (χ1v) is 8.59. The van der Waals surface area contributed by atoms with Crippen molar-refractivity contribution in [3.05, 3.63) is 0 Å². The van der Waals surface area contributed by atoms with Crippen molar-refractivity contribution in [3.63, 3.8) is 0 Å². The van der Waals surface area contributed by atoms with Crippen molar-refractivity contribution < 1.29 is 14.4 Å². The van der Waals surface area contributed by atoms with E-state index >= 15 is 0 Å². The summed E-state index contributed by atoms with van der Waals surface area (Å²) in [5.74, 6) is -0.373. The summed E-state index contributed by atoms with van der Waals surface area (Å²) in [4.78, 5) is 42.2. The molecule has 2 aliphatic heterocycles. The molecular weight excluding hydrogens is 332 g/mol. The fourth-order valence-corrected chi connectivity index (χ4v) is 4.14. The van der Waals surface area contributed by atoms with Crippen molar-refractivity contribution in [1.29, 1.82) is 0 Å². The molecule has 1 aliphatic carbocycles. The Morgan fingerprint density at radius 3 is 2.50 bits per heavy atom. The molecule has 0 aromatic rings. The molecule has 24 heavy (non-hydrogen) atoms. The van der Waals surface area contributed by atoms with E-state index < -0.39 is 5.54 Å². The zero-order valence-corrected chi connectivity index (χ0v) is 15.0. The predicted molar refractivity (Wildman–Crippen MR) is 91.7 cm³/mol. The fraction of sp³-hybridized carbons (Fsp3) is 0.812. The number of halogens is 1.